The van der Waals surface area contributed by atoms with Gasteiger partial charge in [0.15, 0.2) is 5.01 Å². The summed E-state index contributed by atoms with van der Waals surface area (Å²) in [6.07, 6.45) is 1.73. The van der Waals surface area contributed by atoms with E-state index in [-0.39, 0.29) is 5.56 Å². The Hall–Kier alpha value is -1.60. The number of nitrogens with zero attached hydrogens (tertiary/aromatic N) is 3. The van der Waals surface area contributed by atoms with Gasteiger partial charge in [-0.25, -0.2) is 5.10 Å². The van der Waals surface area contributed by atoms with Gasteiger partial charge in [0.1, 0.15) is 10.7 Å². The molecule has 2 heterocycles. The number of nitrogens with one attached hydrogen (secondary N) is 1. The lowest BCUT2D eigenvalue weighted by Crippen LogP contribution is -2.05. The van der Waals surface area contributed by atoms with E-state index in [0.717, 1.165) is 17.8 Å². The molecule has 0 spiro atoms. The monoisotopic (exact) mass is 237 g/mol. The van der Waals surface area contributed by atoms with E-state index in [1.807, 2.05) is 0 Å². The van der Waals surface area contributed by atoms with Crippen LogP contribution >= 0.6 is 11.3 Å². The highest BCUT2D eigenvalue weighted by Gasteiger charge is 2.07. The van der Waals surface area contributed by atoms with E-state index < -0.39 is 0 Å². The zero-order valence-electron chi connectivity index (χ0n) is 8.51. The Labute approximate surface area is 95.5 Å². The standard InChI is InChI=1S/C9H11N5OS/c10-5-1-2-8-13-14-9(16-8)6-3-4-7(15)12-11-6/h3-4H,1-2,5,10H2,(H,12,15). The fourth-order valence-electron chi connectivity index (χ4n) is 1.18. The molecule has 0 atom stereocenters. The van der Waals surface area contributed by atoms with Crippen LogP contribution in [0.4, 0.5) is 0 Å². The lowest BCUT2D eigenvalue weighted by Gasteiger charge is -1.91. The van der Waals surface area contributed by atoms with Crippen LogP contribution in [0.25, 0.3) is 10.7 Å². The number of hydrogen-bond donors (Lipinski definition) is 2. The van der Waals surface area contributed by atoms with Crippen LogP contribution < -0.4 is 11.3 Å². The van der Waals surface area contributed by atoms with Crippen molar-refractivity contribution in [1.29, 1.82) is 0 Å². The number of rotatable bonds is 4. The Balaban J connectivity index is 2.18. The summed E-state index contributed by atoms with van der Waals surface area (Å²) in [6, 6.07) is 3.05. The molecule has 0 saturated heterocycles. The summed E-state index contributed by atoms with van der Waals surface area (Å²) in [5.74, 6) is 0. The summed E-state index contributed by atoms with van der Waals surface area (Å²) >= 11 is 1.47. The van der Waals surface area contributed by atoms with Crippen LogP contribution in [0.5, 0.6) is 0 Å². The molecule has 0 amide bonds. The van der Waals surface area contributed by atoms with Crippen LogP contribution in [0.15, 0.2) is 16.9 Å². The molecule has 0 aromatic carbocycles. The highest BCUT2D eigenvalue weighted by molar-refractivity contribution is 7.14. The van der Waals surface area contributed by atoms with E-state index in [9.17, 15) is 4.79 Å². The third-order valence-electron chi connectivity index (χ3n) is 1.96. The summed E-state index contributed by atoms with van der Waals surface area (Å²) in [4.78, 5) is 10.8. The number of aromatic amines is 1. The smallest absolute Gasteiger partial charge is 0.264 e. The van der Waals surface area contributed by atoms with Gasteiger partial charge in [-0.2, -0.15) is 5.10 Å². The fourth-order valence-corrected chi connectivity index (χ4v) is 2.03. The van der Waals surface area contributed by atoms with Gasteiger partial charge in [-0.3, -0.25) is 4.79 Å². The average molecular weight is 237 g/mol. The van der Waals surface area contributed by atoms with E-state index in [2.05, 4.69) is 20.4 Å². The summed E-state index contributed by atoms with van der Waals surface area (Å²) < 4.78 is 0. The van der Waals surface area contributed by atoms with Crippen molar-refractivity contribution < 1.29 is 0 Å². The van der Waals surface area contributed by atoms with Crippen LogP contribution in [0.3, 0.4) is 0 Å². The molecule has 6 nitrogen and oxygen atoms in total. The van der Waals surface area contributed by atoms with Gasteiger partial charge in [0.2, 0.25) is 0 Å². The first-order valence-electron chi connectivity index (χ1n) is 4.88. The van der Waals surface area contributed by atoms with E-state index in [4.69, 9.17) is 5.73 Å². The minimum absolute atomic E-state index is 0.225. The lowest BCUT2D eigenvalue weighted by molar-refractivity contribution is 0.812. The largest absolute Gasteiger partial charge is 0.330 e. The quantitative estimate of drug-likeness (QED) is 0.790. The van der Waals surface area contributed by atoms with Crippen molar-refractivity contribution in [1.82, 2.24) is 20.4 Å². The Kier molecular flexibility index (Phi) is 3.37. The van der Waals surface area contributed by atoms with Gasteiger partial charge in [0.05, 0.1) is 0 Å². The van der Waals surface area contributed by atoms with Gasteiger partial charge in [-0.05, 0) is 19.0 Å². The first-order chi connectivity index (χ1) is 7.79. The highest BCUT2D eigenvalue weighted by Crippen LogP contribution is 2.20. The lowest BCUT2D eigenvalue weighted by atomic mass is 10.3. The van der Waals surface area contributed by atoms with Gasteiger partial charge in [0, 0.05) is 12.5 Å². The minimum atomic E-state index is -0.225. The molecule has 0 saturated carbocycles. The van der Waals surface area contributed by atoms with E-state index in [1.54, 1.807) is 6.07 Å². The molecule has 16 heavy (non-hydrogen) atoms. The minimum Gasteiger partial charge on any atom is -0.330 e. The van der Waals surface area contributed by atoms with E-state index in [0.29, 0.717) is 17.2 Å². The van der Waals surface area contributed by atoms with Gasteiger partial charge in [0.25, 0.3) is 5.56 Å². The summed E-state index contributed by atoms with van der Waals surface area (Å²) in [5, 5.41) is 15.9. The van der Waals surface area contributed by atoms with Crippen molar-refractivity contribution in [3.8, 4) is 10.7 Å². The van der Waals surface area contributed by atoms with Crippen molar-refractivity contribution in [2.45, 2.75) is 12.8 Å². The Morgan fingerprint density at radius 2 is 2.25 bits per heavy atom. The predicted molar refractivity (Wildman–Crippen MR) is 61.1 cm³/mol. The topological polar surface area (TPSA) is 97.5 Å². The third kappa shape index (κ3) is 2.50. The maximum atomic E-state index is 10.8. The first-order valence-corrected chi connectivity index (χ1v) is 5.70. The highest BCUT2D eigenvalue weighted by atomic mass is 32.1. The SMILES string of the molecule is NCCCc1nnc(-c2ccc(=O)[nH]n2)s1. The fraction of sp³-hybridized carbons (Fsp3) is 0.333. The number of nitrogens with two attached hydrogens (primary N) is 1. The summed E-state index contributed by atoms with van der Waals surface area (Å²) in [6.45, 7) is 0.645. The molecule has 0 aliphatic carbocycles. The van der Waals surface area contributed by atoms with Crippen molar-refractivity contribution in [2.24, 2.45) is 5.73 Å². The molecule has 84 valence electrons. The van der Waals surface area contributed by atoms with Gasteiger partial charge in [-0.15, -0.1) is 10.2 Å². The molecule has 2 rings (SSSR count). The average Bonchev–Trinajstić information content (AvgIpc) is 2.76. The van der Waals surface area contributed by atoms with Crippen LogP contribution in [0.2, 0.25) is 0 Å². The van der Waals surface area contributed by atoms with Crippen LogP contribution in [-0.2, 0) is 6.42 Å². The second-order valence-corrected chi connectivity index (χ2v) is 4.26. The van der Waals surface area contributed by atoms with Gasteiger partial charge < -0.3 is 5.73 Å². The van der Waals surface area contributed by atoms with Crippen LogP contribution in [0.1, 0.15) is 11.4 Å². The van der Waals surface area contributed by atoms with E-state index in [1.165, 1.54) is 17.4 Å². The van der Waals surface area contributed by atoms with E-state index >= 15 is 0 Å². The molecule has 0 fully saturated rings. The molecule has 2 aromatic heterocycles. The summed E-state index contributed by atoms with van der Waals surface area (Å²) in [7, 11) is 0. The van der Waals surface area contributed by atoms with Crippen LogP contribution in [-0.4, -0.2) is 26.9 Å². The molecular formula is C9H11N5OS. The van der Waals surface area contributed by atoms with Crippen molar-refractivity contribution in [2.75, 3.05) is 6.54 Å². The zero-order chi connectivity index (χ0) is 11.4. The maximum Gasteiger partial charge on any atom is 0.264 e. The third-order valence-corrected chi connectivity index (χ3v) is 2.97. The normalized spacial score (nSPS) is 10.6. The molecule has 0 unspecified atom stereocenters. The number of hydrogen-bond acceptors (Lipinski definition) is 6. The van der Waals surface area contributed by atoms with Crippen LogP contribution in [0, 0.1) is 0 Å². The number of aromatic nitrogens is 4. The zero-order valence-corrected chi connectivity index (χ0v) is 9.33. The van der Waals surface area contributed by atoms with Crippen molar-refractivity contribution in [3.05, 3.63) is 27.5 Å². The molecule has 3 N–H and O–H groups in total. The molecular weight excluding hydrogens is 226 g/mol. The Morgan fingerprint density at radius 1 is 1.38 bits per heavy atom. The molecule has 0 bridgehead atoms. The number of aryl methyl sites for hydroxylation is 1. The number of H-pyrrole nitrogens is 1. The summed E-state index contributed by atoms with van der Waals surface area (Å²) in [5.41, 5.74) is 5.83. The maximum absolute atomic E-state index is 10.8. The Bertz CT molecular complexity index is 500. The van der Waals surface area contributed by atoms with Gasteiger partial charge in [-0.1, -0.05) is 11.3 Å². The second-order valence-electron chi connectivity index (χ2n) is 3.20. The molecule has 0 aliphatic heterocycles. The van der Waals surface area contributed by atoms with Gasteiger partial charge >= 0.3 is 0 Å². The second kappa shape index (κ2) is 4.95. The molecule has 2 aromatic rings. The molecule has 7 heteroatoms. The molecule has 0 radical (unpaired) electrons. The first kappa shape index (κ1) is 10.9. The molecule has 0 aliphatic rings. The Morgan fingerprint density at radius 3 is 2.94 bits per heavy atom. The van der Waals surface area contributed by atoms with Crippen molar-refractivity contribution >= 4 is 11.3 Å². The van der Waals surface area contributed by atoms with Crippen molar-refractivity contribution in [3.63, 3.8) is 0 Å². The predicted octanol–water partition coefficient (Wildman–Crippen LogP) is 0.180.